The minimum absolute atomic E-state index is 0.00340. The number of hydrogen-bond acceptors (Lipinski definition) is 3. The lowest BCUT2D eigenvalue weighted by Gasteiger charge is -2.16. The van der Waals surface area contributed by atoms with Gasteiger partial charge in [-0.2, -0.15) is 0 Å². The molecule has 1 N–H and O–H groups in total. The minimum Gasteiger partial charge on any atom is -0.384 e. The van der Waals surface area contributed by atoms with Gasteiger partial charge < -0.3 is 10.2 Å². The van der Waals surface area contributed by atoms with Gasteiger partial charge in [0.25, 0.3) is 0 Å². The van der Waals surface area contributed by atoms with Crippen molar-refractivity contribution in [3.63, 3.8) is 0 Å². The van der Waals surface area contributed by atoms with Crippen LogP contribution in [-0.4, -0.2) is 36.9 Å². The number of halogens is 1. The van der Waals surface area contributed by atoms with Gasteiger partial charge in [0, 0.05) is 28.7 Å². The first kappa shape index (κ1) is 16.3. The first-order valence-corrected chi connectivity index (χ1v) is 8.25. The molecule has 0 aromatic heterocycles. The number of nitrogens with zero attached hydrogens (tertiary/aromatic N) is 1. The van der Waals surface area contributed by atoms with Gasteiger partial charge in [-0.1, -0.05) is 25.4 Å². The molecule has 1 aliphatic rings. The maximum atomic E-state index is 12.2. The van der Waals surface area contributed by atoms with E-state index in [1.165, 1.54) is 25.9 Å². The molecule has 1 aromatic carbocycles. The molecule has 0 bridgehead atoms. The van der Waals surface area contributed by atoms with Crippen LogP contribution in [0.25, 0.3) is 0 Å². The van der Waals surface area contributed by atoms with Crippen LogP contribution in [-0.2, 0) is 0 Å². The molecule has 0 atom stereocenters. The number of carbonyl (C=O) groups excluding carboxylic acids is 1. The zero-order valence-corrected chi connectivity index (χ0v) is 13.7. The Morgan fingerprint density at radius 2 is 2.05 bits per heavy atom. The van der Waals surface area contributed by atoms with Crippen molar-refractivity contribution in [3.05, 3.63) is 28.8 Å². The maximum Gasteiger partial charge on any atom is 0.167 e. The molecule has 1 aliphatic heterocycles. The monoisotopic (exact) mass is 308 g/mol. The average molecular weight is 309 g/mol. The van der Waals surface area contributed by atoms with Crippen molar-refractivity contribution >= 4 is 23.1 Å². The van der Waals surface area contributed by atoms with E-state index in [0.717, 1.165) is 30.8 Å². The number of hydrogen-bond donors (Lipinski definition) is 1. The van der Waals surface area contributed by atoms with Crippen molar-refractivity contribution in [3.8, 4) is 0 Å². The van der Waals surface area contributed by atoms with Crippen LogP contribution in [0.2, 0.25) is 5.02 Å². The lowest BCUT2D eigenvalue weighted by atomic mass is 9.99. The number of nitrogens with one attached hydrogen (secondary N) is 1. The van der Waals surface area contributed by atoms with E-state index in [4.69, 9.17) is 11.6 Å². The molecule has 1 heterocycles. The van der Waals surface area contributed by atoms with E-state index in [0.29, 0.717) is 5.02 Å². The maximum absolute atomic E-state index is 12.2. The quantitative estimate of drug-likeness (QED) is 0.608. The molecule has 0 saturated carbocycles. The Labute approximate surface area is 132 Å². The second-order valence-electron chi connectivity index (χ2n) is 6.04. The molecule has 3 nitrogen and oxygen atoms in total. The molecular formula is C17H25ClN2O. The smallest absolute Gasteiger partial charge is 0.167 e. The van der Waals surface area contributed by atoms with Gasteiger partial charge in [-0.3, -0.25) is 4.79 Å². The molecule has 21 heavy (non-hydrogen) atoms. The summed E-state index contributed by atoms with van der Waals surface area (Å²) in [6.45, 7) is 8.31. The molecular weight excluding hydrogens is 284 g/mol. The first-order chi connectivity index (χ1) is 10.1. The Kier molecular flexibility index (Phi) is 6.07. The Morgan fingerprint density at radius 3 is 2.71 bits per heavy atom. The number of anilines is 1. The fraction of sp³-hybridized carbons (Fsp3) is 0.588. The summed E-state index contributed by atoms with van der Waals surface area (Å²) in [5.41, 5.74) is 1.61. The Bertz CT molecular complexity index is 482. The lowest BCUT2D eigenvalue weighted by molar-refractivity contribution is 0.0940. The highest BCUT2D eigenvalue weighted by atomic mass is 35.5. The van der Waals surface area contributed by atoms with Crippen LogP contribution in [0.3, 0.4) is 0 Å². The highest BCUT2D eigenvalue weighted by molar-refractivity contribution is 6.31. The van der Waals surface area contributed by atoms with E-state index < -0.39 is 0 Å². The van der Waals surface area contributed by atoms with Gasteiger partial charge in [-0.25, -0.2) is 0 Å². The Morgan fingerprint density at radius 1 is 1.33 bits per heavy atom. The number of rotatable bonds is 7. The highest BCUT2D eigenvalue weighted by Crippen LogP contribution is 2.23. The number of Topliss-reactive ketones (excluding diaryl/α,β-unsaturated/α-hetero) is 1. The average Bonchev–Trinajstić information content (AvgIpc) is 2.96. The van der Waals surface area contributed by atoms with Gasteiger partial charge in [0.05, 0.1) is 0 Å². The molecule has 0 amide bonds. The third-order valence-electron chi connectivity index (χ3n) is 3.94. The third kappa shape index (κ3) is 4.72. The van der Waals surface area contributed by atoms with Crippen molar-refractivity contribution in [2.75, 3.05) is 31.5 Å². The molecule has 0 radical (unpaired) electrons. The fourth-order valence-corrected chi connectivity index (χ4v) is 2.89. The largest absolute Gasteiger partial charge is 0.384 e. The lowest BCUT2D eigenvalue weighted by Crippen LogP contribution is -2.22. The predicted molar refractivity (Wildman–Crippen MR) is 89.4 cm³/mol. The molecule has 0 aliphatic carbocycles. The van der Waals surface area contributed by atoms with Gasteiger partial charge in [0.2, 0.25) is 0 Å². The van der Waals surface area contributed by atoms with Crippen LogP contribution in [0.4, 0.5) is 5.69 Å². The Balaban J connectivity index is 1.91. The number of benzene rings is 1. The van der Waals surface area contributed by atoms with E-state index in [9.17, 15) is 4.79 Å². The first-order valence-electron chi connectivity index (χ1n) is 7.88. The van der Waals surface area contributed by atoms with Crippen molar-refractivity contribution in [2.24, 2.45) is 5.92 Å². The number of carbonyl (C=O) groups is 1. The molecule has 1 aromatic rings. The van der Waals surface area contributed by atoms with Gasteiger partial charge in [-0.05, 0) is 57.1 Å². The van der Waals surface area contributed by atoms with Crippen molar-refractivity contribution in [1.82, 2.24) is 4.90 Å². The summed E-state index contributed by atoms with van der Waals surface area (Å²) in [6.07, 6.45) is 3.74. The number of likely N-dealkylation sites (tertiary alicyclic amines) is 1. The molecule has 4 heteroatoms. The van der Waals surface area contributed by atoms with Crippen LogP contribution in [0.1, 0.15) is 43.5 Å². The van der Waals surface area contributed by atoms with Crippen LogP contribution < -0.4 is 5.32 Å². The van der Waals surface area contributed by atoms with Crippen molar-refractivity contribution < 1.29 is 4.79 Å². The van der Waals surface area contributed by atoms with E-state index >= 15 is 0 Å². The van der Waals surface area contributed by atoms with E-state index in [2.05, 4.69) is 10.2 Å². The SMILES string of the molecule is CC(C)C(=O)c1ccc(Cl)cc1NCCCN1CCCC1. The van der Waals surface area contributed by atoms with Crippen LogP contribution in [0.15, 0.2) is 18.2 Å². The molecule has 0 spiro atoms. The second-order valence-corrected chi connectivity index (χ2v) is 6.47. The summed E-state index contributed by atoms with van der Waals surface area (Å²) in [6, 6.07) is 5.47. The van der Waals surface area contributed by atoms with E-state index in [-0.39, 0.29) is 11.7 Å². The molecule has 1 fully saturated rings. The van der Waals surface area contributed by atoms with Crippen LogP contribution >= 0.6 is 11.6 Å². The normalized spacial score (nSPS) is 15.6. The fourth-order valence-electron chi connectivity index (χ4n) is 2.72. The van der Waals surface area contributed by atoms with Gasteiger partial charge >= 0.3 is 0 Å². The summed E-state index contributed by atoms with van der Waals surface area (Å²) in [5, 5.41) is 4.05. The standard InChI is InChI=1S/C17H25ClN2O/c1-13(2)17(21)15-7-6-14(18)12-16(15)19-8-5-11-20-9-3-4-10-20/h6-7,12-13,19H,3-5,8-11H2,1-2H3. The van der Waals surface area contributed by atoms with E-state index in [1.54, 1.807) is 6.07 Å². The summed E-state index contributed by atoms with van der Waals surface area (Å²) in [5.74, 6) is 0.157. The van der Waals surface area contributed by atoms with Crippen LogP contribution in [0, 0.1) is 5.92 Å². The zero-order valence-electron chi connectivity index (χ0n) is 13.0. The van der Waals surface area contributed by atoms with Gasteiger partial charge in [0.15, 0.2) is 5.78 Å². The summed E-state index contributed by atoms with van der Waals surface area (Å²) in [4.78, 5) is 14.7. The molecule has 0 unspecified atom stereocenters. The van der Waals surface area contributed by atoms with Crippen LogP contribution in [0.5, 0.6) is 0 Å². The molecule has 2 rings (SSSR count). The minimum atomic E-state index is -0.00340. The molecule has 1 saturated heterocycles. The highest BCUT2D eigenvalue weighted by Gasteiger charge is 2.15. The summed E-state index contributed by atoms with van der Waals surface area (Å²) in [7, 11) is 0. The van der Waals surface area contributed by atoms with Gasteiger partial charge in [-0.15, -0.1) is 0 Å². The third-order valence-corrected chi connectivity index (χ3v) is 4.17. The van der Waals surface area contributed by atoms with Crippen molar-refractivity contribution in [2.45, 2.75) is 33.1 Å². The summed E-state index contributed by atoms with van der Waals surface area (Å²) >= 11 is 6.06. The topological polar surface area (TPSA) is 32.3 Å². The van der Waals surface area contributed by atoms with E-state index in [1.807, 2.05) is 26.0 Å². The Hall–Kier alpha value is -1.06. The molecule has 116 valence electrons. The number of ketones is 1. The zero-order chi connectivity index (χ0) is 15.2. The second kappa shape index (κ2) is 7.81. The van der Waals surface area contributed by atoms with Gasteiger partial charge in [0.1, 0.15) is 0 Å². The predicted octanol–water partition coefficient (Wildman–Crippen LogP) is 4.08. The van der Waals surface area contributed by atoms with Crippen molar-refractivity contribution in [1.29, 1.82) is 0 Å². The summed E-state index contributed by atoms with van der Waals surface area (Å²) < 4.78 is 0.